The molecule has 4 rings (SSSR count). The Bertz CT molecular complexity index is 868. The largest absolute Gasteiger partial charge is 0.417 e. The summed E-state index contributed by atoms with van der Waals surface area (Å²) in [5.41, 5.74) is 2.38. The number of rotatable bonds is 8. The van der Waals surface area contributed by atoms with Crippen LogP contribution in [0, 0.1) is 51.8 Å². The van der Waals surface area contributed by atoms with E-state index in [0.29, 0.717) is 21.8 Å². The highest BCUT2D eigenvalue weighted by Gasteiger charge is 2.61. The van der Waals surface area contributed by atoms with Gasteiger partial charge in [-0.15, -0.1) is 0 Å². The summed E-state index contributed by atoms with van der Waals surface area (Å²) in [6.07, 6.45) is 15.7. The first-order valence-electron chi connectivity index (χ1n) is 16.5. The zero-order valence-electron chi connectivity index (χ0n) is 27.3. The molecule has 1 unspecified atom stereocenters. The fourth-order valence-corrected chi connectivity index (χ4v) is 11.1. The molecule has 0 aromatic rings. The highest BCUT2D eigenvalue weighted by molar-refractivity contribution is 6.74. The maximum atomic E-state index is 10.8. The van der Waals surface area contributed by atoms with Gasteiger partial charge in [0.15, 0.2) is 8.32 Å². The van der Waals surface area contributed by atoms with Gasteiger partial charge < -0.3 is 9.53 Å². The molecular formula is C35H64O2Si. The molecule has 38 heavy (non-hydrogen) atoms. The number of allylic oxidation sites excluding steroid dienone is 1. The van der Waals surface area contributed by atoms with E-state index in [2.05, 4.69) is 81.5 Å². The number of aliphatic hydroxyl groups excluding tert-OH is 1. The lowest BCUT2D eigenvalue weighted by Crippen LogP contribution is -2.54. The van der Waals surface area contributed by atoms with Crippen molar-refractivity contribution in [3.8, 4) is 0 Å². The Morgan fingerprint density at radius 1 is 0.974 bits per heavy atom. The number of aliphatic hydroxyl groups is 1. The molecule has 0 saturated heterocycles. The minimum Gasteiger partial charge on any atom is -0.417 e. The van der Waals surface area contributed by atoms with E-state index in [-0.39, 0.29) is 11.5 Å². The first kappa shape index (κ1) is 30.8. The zero-order chi connectivity index (χ0) is 28.3. The summed E-state index contributed by atoms with van der Waals surface area (Å²) < 4.78 is 6.53. The molecule has 9 atom stereocenters. The summed E-state index contributed by atoms with van der Waals surface area (Å²) in [6.45, 7) is 27.6. The van der Waals surface area contributed by atoms with E-state index in [0.717, 1.165) is 42.6 Å². The van der Waals surface area contributed by atoms with Gasteiger partial charge in [0.05, 0.1) is 6.10 Å². The summed E-state index contributed by atoms with van der Waals surface area (Å²) in [6, 6.07) is 0. The van der Waals surface area contributed by atoms with E-state index < -0.39 is 8.32 Å². The Labute approximate surface area is 238 Å². The van der Waals surface area contributed by atoms with Crippen LogP contribution in [-0.2, 0) is 4.43 Å². The van der Waals surface area contributed by atoms with Gasteiger partial charge in [-0.3, -0.25) is 0 Å². The van der Waals surface area contributed by atoms with Crippen LogP contribution in [0.3, 0.4) is 0 Å². The topological polar surface area (TPSA) is 29.5 Å². The van der Waals surface area contributed by atoms with Crippen molar-refractivity contribution in [2.75, 3.05) is 6.61 Å². The van der Waals surface area contributed by atoms with E-state index in [1.807, 2.05) is 0 Å². The summed E-state index contributed by atoms with van der Waals surface area (Å²) in [7, 11) is -1.64. The minimum atomic E-state index is -1.64. The van der Waals surface area contributed by atoms with Crippen LogP contribution in [0.4, 0.5) is 0 Å². The van der Waals surface area contributed by atoms with Gasteiger partial charge >= 0.3 is 0 Å². The molecule has 4 aliphatic rings. The van der Waals surface area contributed by atoms with Crippen molar-refractivity contribution in [2.24, 2.45) is 51.8 Å². The van der Waals surface area contributed by atoms with Crippen molar-refractivity contribution < 1.29 is 9.53 Å². The van der Waals surface area contributed by atoms with E-state index in [9.17, 15) is 5.11 Å². The molecule has 3 heteroatoms. The molecule has 0 aromatic carbocycles. The third-order valence-corrected chi connectivity index (χ3v) is 18.1. The number of fused-ring (bicyclic) bond motifs is 5. The molecule has 0 aromatic heterocycles. The van der Waals surface area contributed by atoms with Crippen LogP contribution in [0.2, 0.25) is 18.1 Å². The Balaban J connectivity index is 1.35. The van der Waals surface area contributed by atoms with Crippen LogP contribution in [0.15, 0.2) is 11.6 Å². The third-order valence-electron chi connectivity index (χ3n) is 13.6. The Morgan fingerprint density at radius 2 is 1.66 bits per heavy atom. The quantitative estimate of drug-likeness (QED) is 0.243. The second-order valence-corrected chi connectivity index (χ2v) is 22.0. The van der Waals surface area contributed by atoms with Crippen molar-refractivity contribution in [1.29, 1.82) is 0 Å². The molecule has 0 amide bonds. The SMILES string of the molecule is C[C@H](CCC[C@@H](C)[C@H]1CC[C@H]2[C@@H]3CC=C4C(C)(C)C(O)CC[C@]4(C)[C@H]3CC[C@]12C)CO[Si](C)(C)C(C)(C)C. The summed E-state index contributed by atoms with van der Waals surface area (Å²) in [5.74, 6) is 4.98. The monoisotopic (exact) mass is 544 g/mol. The number of hydrogen-bond acceptors (Lipinski definition) is 2. The lowest BCUT2D eigenvalue weighted by molar-refractivity contribution is -0.0782. The van der Waals surface area contributed by atoms with Crippen molar-refractivity contribution in [2.45, 2.75) is 151 Å². The Hall–Kier alpha value is -0.123. The standard InChI is InChI=1S/C35H64O2Si/c1-24(23-37-38(10,11)32(3,4)5)13-12-14-25(2)27-16-17-28-26-15-18-30-33(6,7)31(36)20-22-35(30,9)29(26)19-21-34(27,28)8/h18,24-29,31,36H,12-17,19-23H2,1-11H3/t24-,25-,26+,27-,28+,29+,31?,34-,35-/m1/s1. The van der Waals surface area contributed by atoms with Gasteiger partial charge in [0.2, 0.25) is 0 Å². The second kappa shape index (κ2) is 10.6. The molecule has 2 nitrogen and oxygen atoms in total. The fourth-order valence-electron chi connectivity index (χ4n) is 10.0. The van der Waals surface area contributed by atoms with E-state index in [4.69, 9.17) is 4.43 Å². The van der Waals surface area contributed by atoms with Crippen LogP contribution in [0.25, 0.3) is 0 Å². The van der Waals surface area contributed by atoms with Crippen LogP contribution < -0.4 is 0 Å². The van der Waals surface area contributed by atoms with Crippen LogP contribution in [0.5, 0.6) is 0 Å². The van der Waals surface area contributed by atoms with E-state index >= 15 is 0 Å². The molecule has 0 bridgehead atoms. The molecule has 4 aliphatic carbocycles. The zero-order valence-corrected chi connectivity index (χ0v) is 28.3. The lowest BCUT2D eigenvalue weighted by Gasteiger charge is -2.61. The van der Waals surface area contributed by atoms with E-state index in [1.165, 1.54) is 57.8 Å². The average Bonchev–Trinajstić information content (AvgIpc) is 3.17. The first-order chi connectivity index (χ1) is 17.4. The van der Waals surface area contributed by atoms with Crippen molar-refractivity contribution in [3.63, 3.8) is 0 Å². The van der Waals surface area contributed by atoms with Crippen LogP contribution in [0.1, 0.15) is 127 Å². The van der Waals surface area contributed by atoms with Gasteiger partial charge in [0.25, 0.3) is 0 Å². The van der Waals surface area contributed by atoms with Crippen molar-refractivity contribution >= 4 is 8.32 Å². The van der Waals surface area contributed by atoms with Gasteiger partial charge in [0.1, 0.15) is 0 Å². The summed E-state index contributed by atoms with van der Waals surface area (Å²) >= 11 is 0. The van der Waals surface area contributed by atoms with Gasteiger partial charge in [-0.1, -0.05) is 86.8 Å². The lowest BCUT2D eigenvalue weighted by atomic mass is 9.44. The first-order valence-corrected chi connectivity index (χ1v) is 19.4. The van der Waals surface area contributed by atoms with Gasteiger partial charge in [-0.05, 0) is 116 Å². The van der Waals surface area contributed by atoms with Crippen molar-refractivity contribution in [1.82, 2.24) is 0 Å². The Morgan fingerprint density at radius 3 is 2.32 bits per heavy atom. The minimum absolute atomic E-state index is 0.0572. The van der Waals surface area contributed by atoms with Crippen molar-refractivity contribution in [3.05, 3.63) is 11.6 Å². The molecule has 0 heterocycles. The molecule has 3 fully saturated rings. The highest BCUT2D eigenvalue weighted by Crippen LogP contribution is 2.69. The normalized spacial score (nSPS) is 40.5. The smallest absolute Gasteiger partial charge is 0.191 e. The Kier molecular flexibility index (Phi) is 8.61. The number of hydrogen-bond donors (Lipinski definition) is 1. The fraction of sp³-hybridized carbons (Fsp3) is 0.943. The molecular weight excluding hydrogens is 480 g/mol. The maximum absolute atomic E-state index is 10.8. The van der Waals surface area contributed by atoms with Gasteiger partial charge in [-0.2, -0.15) is 0 Å². The van der Waals surface area contributed by atoms with Gasteiger partial charge in [0, 0.05) is 12.0 Å². The summed E-state index contributed by atoms with van der Waals surface area (Å²) in [5, 5.41) is 11.1. The predicted octanol–water partition coefficient (Wildman–Crippen LogP) is 10.0. The average molecular weight is 545 g/mol. The van der Waals surface area contributed by atoms with Crippen LogP contribution >= 0.6 is 0 Å². The molecule has 3 saturated carbocycles. The highest BCUT2D eigenvalue weighted by atomic mass is 28.4. The van der Waals surface area contributed by atoms with Gasteiger partial charge in [-0.25, -0.2) is 0 Å². The van der Waals surface area contributed by atoms with E-state index in [1.54, 1.807) is 5.57 Å². The molecule has 0 spiro atoms. The van der Waals surface area contributed by atoms with Crippen LogP contribution in [-0.4, -0.2) is 26.1 Å². The molecule has 220 valence electrons. The molecule has 0 aliphatic heterocycles. The predicted molar refractivity (Wildman–Crippen MR) is 166 cm³/mol. The third kappa shape index (κ3) is 5.28. The molecule has 0 radical (unpaired) electrons. The summed E-state index contributed by atoms with van der Waals surface area (Å²) in [4.78, 5) is 0. The second-order valence-electron chi connectivity index (χ2n) is 17.2. The maximum Gasteiger partial charge on any atom is 0.191 e. The molecule has 1 N–H and O–H groups in total.